The van der Waals surface area contributed by atoms with Gasteiger partial charge in [-0.2, -0.15) is 15.0 Å². The minimum atomic E-state index is -0.439. The Hall–Kier alpha value is -2.70. The van der Waals surface area contributed by atoms with E-state index in [0.717, 1.165) is 5.69 Å². The third-order valence-corrected chi connectivity index (χ3v) is 3.32. The molecule has 0 radical (unpaired) electrons. The molecule has 3 rings (SSSR count). The van der Waals surface area contributed by atoms with Crippen molar-refractivity contribution in [2.45, 2.75) is 6.42 Å². The molecule has 0 spiro atoms. The van der Waals surface area contributed by atoms with Crippen LogP contribution in [-0.2, 0) is 9.59 Å². The molecule has 0 saturated carbocycles. The molecule has 0 aliphatic carbocycles. The summed E-state index contributed by atoms with van der Waals surface area (Å²) in [6, 6.07) is 7.28. The maximum absolute atomic E-state index is 12.0. The molecule has 1 fully saturated rings. The van der Waals surface area contributed by atoms with E-state index in [1.165, 1.54) is 4.80 Å². The summed E-state index contributed by atoms with van der Waals surface area (Å²) >= 11 is 0. The monoisotopic (exact) mass is 271 g/mol. The van der Waals surface area contributed by atoms with Crippen LogP contribution in [0.2, 0.25) is 0 Å². The summed E-state index contributed by atoms with van der Waals surface area (Å²) in [6.45, 7) is 0.324. The number of nitrogens with zero attached hydrogens (tertiary/aromatic N) is 4. The molecule has 20 heavy (non-hydrogen) atoms. The van der Waals surface area contributed by atoms with Gasteiger partial charge in [0.15, 0.2) is 0 Å². The van der Waals surface area contributed by atoms with Crippen LogP contribution in [0.3, 0.4) is 0 Å². The molecule has 1 aliphatic rings. The minimum absolute atomic E-state index is 0.0978. The van der Waals surface area contributed by atoms with Crippen molar-refractivity contribution in [3.05, 3.63) is 36.7 Å². The number of anilines is 1. The van der Waals surface area contributed by atoms with E-state index in [1.807, 2.05) is 18.2 Å². The highest BCUT2D eigenvalue weighted by molar-refractivity contribution is 6.00. The first kappa shape index (κ1) is 12.3. The van der Waals surface area contributed by atoms with Crippen molar-refractivity contribution in [2.75, 3.05) is 11.4 Å². The average molecular weight is 271 g/mol. The lowest BCUT2D eigenvalue weighted by Gasteiger charge is -2.17. The molecule has 1 unspecified atom stereocenters. The summed E-state index contributed by atoms with van der Waals surface area (Å²) < 4.78 is 0. The van der Waals surface area contributed by atoms with E-state index >= 15 is 0 Å². The van der Waals surface area contributed by atoms with Gasteiger partial charge in [0, 0.05) is 18.7 Å². The molecular formula is C13H13N5O2. The number of hydrogen-bond donors (Lipinski definition) is 1. The van der Waals surface area contributed by atoms with Gasteiger partial charge in [-0.05, 0) is 18.2 Å². The quantitative estimate of drug-likeness (QED) is 0.857. The molecule has 2 N–H and O–H groups in total. The van der Waals surface area contributed by atoms with Gasteiger partial charge in [-0.25, -0.2) is 0 Å². The van der Waals surface area contributed by atoms with Gasteiger partial charge >= 0.3 is 0 Å². The van der Waals surface area contributed by atoms with E-state index in [2.05, 4.69) is 10.2 Å². The van der Waals surface area contributed by atoms with E-state index in [4.69, 9.17) is 5.73 Å². The summed E-state index contributed by atoms with van der Waals surface area (Å²) in [5.74, 6) is -0.959. The Morgan fingerprint density at radius 1 is 1.25 bits per heavy atom. The maximum atomic E-state index is 12.0. The Morgan fingerprint density at radius 3 is 2.60 bits per heavy atom. The number of benzene rings is 1. The van der Waals surface area contributed by atoms with E-state index in [9.17, 15) is 9.59 Å². The summed E-state index contributed by atoms with van der Waals surface area (Å²) in [4.78, 5) is 26.2. The lowest BCUT2D eigenvalue weighted by molar-refractivity contribution is -0.123. The lowest BCUT2D eigenvalue weighted by atomic mass is 10.1. The Bertz CT molecular complexity index is 653. The number of amides is 2. The van der Waals surface area contributed by atoms with E-state index in [1.54, 1.807) is 23.4 Å². The van der Waals surface area contributed by atoms with Crippen molar-refractivity contribution in [1.82, 2.24) is 15.0 Å². The highest BCUT2D eigenvalue weighted by Gasteiger charge is 2.33. The van der Waals surface area contributed by atoms with Crippen LogP contribution in [0.25, 0.3) is 5.69 Å². The number of nitrogens with two attached hydrogens (primary N) is 1. The number of carbonyl (C=O) groups is 2. The van der Waals surface area contributed by atoms with Crippen LogP contribution in [0.1, 0.15) is 6.42 Å². The van der Waals surface area contributed by atoms with Gasteiger partial charge in [-0.3, -0.25) is 9.59 Å². The van der Waals surface area contributed by atoms with Gasteiger partial charge in [0.2, 0.25) is 11.8 Å². The largest absolute Gasteiger partial charge is 0.369 e. The zero-order valence-electron chi connectivity index (χ0n) is 10.6. The normalized spacial score (nSPS) is 18.5. The molecule has 0 bridgehead atoms. The molecular weight excluding hydrogens is 258 g/mol. The second-order valence-corrected chi connectivity index (χ2v) is 4.65. The van der Waals surface area contributed by atoms with Crippen LogP contribution < -0.4 is 10.6 Å². The third-order valence-electron chi connectivity index (χ3n) is 3.32. The molecule has 2 aromatic rings. The average Bonchev–Trinajstić information content (AvgIpc) is 3.08. The van der Waals surface area contributed by atoms with Crippen LogP contribution >= 0.6 is 0 Å². The molecule has 1 aliphatic heterocycles. The lowest BCUT2D eigenvalue weighted by Crippen LogP contribution is -2.28. The Labute approximate surface area is 115 Å². The highest BCUT2D eigenvalue weighted by atomic mass is 16.2. The van der Waals surface area contributed by atoms with E-state index in [-0.39, 0.29) is 12.3 Å². The smallest absolute Gasteiger partial charge is 0.227 e. The predicted octanol–water partition coefficient (Wildman–Crippen LogP) is 0.105. The number of carbonyl (C=O) groups excluding carboxylic acids is 2. The topological polar surface area (TPSA) is 94.1 Å². The fraction of sp³-hybridized carbons (Fsp3) is 0.231. The fourth-order valence-corrected chi connectivity index (χ4v) is 2.28. The molecule has 1 atom stereocenters. The molecule has 7 heteroatoms. The Morgan fingerprint density at radius 2 is 1.95 bits per heavy atom. The van der Waals surface area contributed by atoms with Crippen molar-refractivity contribution in [2.24, 2.45) is 11.7 Å². The van der Waals surface area contributed by atoms with Gasteiger partial charge in [0.1, 0.15) is 0 Å². The Balaban J connectivity index is 1.90. The first-order chi connectivity index (χ1) is 9.65. The van der Waals surface area contributed by atoms with Crippen molar-refractivity contribution >= 4 is 17.5 Å². The van der Waals surface area contributed by atoms with Gasteiger partial charge < -0.3 is 10.6 Å². The molecule has 7 nitrogen and oxygen atoms in total. The zero-order valence-corrected chi connectivity index (χ0v) is 10.6. The predicted molar refractivity (Wildman–Crippen MR) is 71.0 cm³/mol. The second-order valence-electron chi connectivity index (χ2n) is 4.65. The Kier molecular flexibility index (Phi) is 2.94. The van der Waals surface area contributed by atoms with Crippen LogP contribution in [0, 0.1) is 5.92 Å². The van der Waals surface area contributed by atoms with Gasteiger partial charge in [-0.1, -0.05) is 6.07 Å². The van der Waals surface area contributed by atoms with E-state index < -0.39 is 11.8 Å². The first-order valence-corrected chi connectivity index (χ1v) is 6.21. The van der Waals surface area contributed by atoms with Crippen LogP contribution in [-0.4, -0.2) is 33.4 Å². The summed E-state index contributed by atoms with van der Waals surface area (Å²) in [7, 11) is 0. The molecule has 1 saturated heterocycles. The first-order valence-electron chi connectivity index (χ1n) is 6.21. The maximum Gasteiger partial charge on any atom is 0.227 e. The SMILES string of the molecule is NC(=O)C1CC(=O)N(c2cccc(-n3nccn3)c2)C1. The number of rotatable bonds is 3. The van der Waals surface area contributed by atoms with Gasteiger partial charge in [0.25, 0.3) is 0 Å². The third kappa shape index (κ3) is 2.13. The van der Waals surface area contributed by atoms with Crippen molar-refractivity contribution in [3.8, 4) is 5.69 Å². The van der Waals surface area contributed by atoms with Crippen LogP contribution in [0.15, 0.2) is 36.7 Å². The zero-order chi connectivity index (χ0) is 14.1. The molecule has 2 heterocycles. The van der Waals surface area contributed by atoms with Crippen LogP contribution in [0.5, 0.6) is 0 Å². The fourth-order valence-electron chi connectivity index (χ4n) is 2.28. The van der Waals surface area contributed by atoms with Crippen molar-refractivity contribution in [3.63, 3.8) is 0 Å². The minimum Gasteiger partial charge on any atom is -0.369 e. The number of hydrogen-bond acceptors (Lipinski definition) is 4. The highest BCUT2D eigenvalue weighted by Crippen LogP contribution is 2.26. The van der Waals surface area contributed by atoms with Gasteiger partial charge in [-0.15, -0.1) is 0 Å². The molecule has 1 aromatic carbocycles. The van der Waals surface area contributed by atoms with Gasteiger partial charge in [0.05, 0.1) is 24.0 Å². The summed E-state index contributed by atoms with van der Waals surface area (Å²) in [6.07, 6.45) is 3.33. The van der Waals surface area contributed by atoms with Crippen LogP contribution in [0.4, 0.5) is 5.69 Å². The second kappa shape index (κ2) is 4.76. The standard InChI is InChI=1S/C13H13N5O2/c14-13(20)9-6-12(19)17(8-9)10-2-1-3-11(7-10)18-15-4-5-16-18/h1-5,7,9H,6,8H2,(H2,14,20). The molecule has 2 amide bonds. The number of primary amides is 1. The molecule has 1 aromatic heterocycles. The van der Waals surface area contributed by atoms with Crippen molar-refractivity contribution < 1.29 is 9.59 Å². The summed E-state index contributed by atoms with van der Waals surface area (Å²) in [5, 5.41) is 8.09. The molecule has 102 valence electrons. The summed E-state index contributed by atoms with van der Waals surface area (Å²) in [5.41, 5.74) is 6.73. The number of aromatic nitrogens is 3. The van der Waals surface area contributed by atoms with Crippen molar-refractivity contribution in [1.29, 1.82) is 0 Å². The van der Waals surface area contributed by atoms with E-state index in [0.29, 0.717) is 12.2 Å².